The maximum Gasteiger partial charge on any atom is 0.573 e. The Balaban J connectivity index is 0.00000180. The highest BCUT2D eigenvalue weighted by atomic mass is 35.5. The zero-order valence-electron chi connectivity index (χ0n) is 10.1. The molecule has 1 aromatic carbocycles. The summed E-state index contributed by atoms with van der Waals surface area (Å²) in [6.07, 6.45) is -3.65. The van der Waals surface area contributed by atoms with Crippen molar-refractivity contribution >= 4 is 12.4 Å². The van der Waals surface area contributed by atoms with E-state index in [1.807, 2.05) is 0 Å². The number of ether oxygens (including phenoxy) is 2. The van der Waals surface area contributed by atoms with E-state index >= 15 is 0 Å². The molecule has 1 aromatic rings. The minimum absolute atomic E-state index is 0. The van der Waals surface area contributed by atoms with Gasteiger partial charge in [0.2, 0.25) is 0 Å². The quantitative estimate of drug-likeness (QED) is 0.927. The van der Waals surface area contributed by atoms with E-state index in [0.717, 1.165) is 19.5 Å². The van der Waals surface area contributed by atoms with E-state index < -0.39 is 6.36 Å². The first-order valence-electron chi connectivity index (χ1n) is 5.72. The van der Waals surface area contributed by atoms with Crippen LogP contribution in [0.4, 0.5) is 13.2 Å². The second kappa shape index (κ2) is 6.86. The van der Waals surface area contributed by atoms with Gasteiger partial charge >= 0.3 is 6.36 Å². The Morgan fingerprint density at radius 3 is 2.63 bits per heavy atom. The topological polar surface area (TPSA) is 30.5 Å². The maximum absolute atomic E-state index is 12.0. The molecule has 0 bridgehead atoms. The molecule has 0 spiro atoms. The molecule has 19 heavy (non-hydrogen) atoms. The van der Waals surface area contributed by atoms with Crippen molar-refractivity contribution in [1.82, 2.24) is 5.32 Å². The van der Waals surface area contributed by atoms with Crippen molar-refractivity contribution < 1.29 is 22.6 Å². The lowest BCUT2D eigenvalue weighted by atomic mass is 10.1. The molecule has 0 radical (unpaired) electrons. The van der Waals surface area contributed by atoms with Crippen LogP contribution in [-0.2, 0) is 0 Å². The Bertz CT molecular complexity index is 395. The van der Waals surface area contributed by atoms with Gasteiger partial charge in [0.05, 0.1) is 6.61 Å². The predicted molar refractivity (Wildman–Crippen MR) is 66.8 cm³/mol. The molecule has 1 aliphatic heterocycles. The van der Waals surface area contributed by atoms with Gasteiger partial charge in [-0.25, -0.2) is 0 Å². The van der Waals surface area contributed by atoms with Crippen LogP contribution in [0.5, 0.6) is 11.5 Å². The van der Waals surface area contributed by atoms with Crippen molar-refractivity contribution in [2.75, 3.05) is 19.7 Å². The lowest BCUT2D eigenvalue weighted by Gasteiger charge is -2.13. The average Bonchev–Trinajstić information content (AvgIpc) is 2.77. The molecule has 3 nitrogen and oxygen atoms in total. The third-order valence-electron chi connectivity index (χ3n) is 2.69. The summed E-state index contributed by atoms with van der Waals surface area (Å²) in [4.78, 5) is 0. The molecule has 1 saturated heterocycles. The smallest absolute Gasteiger partial charge is 0.493 e. The molecule has 2 rings (SSSR count). The molecule has 0 aliphatic carbocycles. The van der Waals surface area contributed by atoms with Crippen molar-refractivity contribution in [3.63, 3.8) is 0 Å². The fourth-order valence-electron chi connectivity index (χ4n) is 1.83. The summed E-state index contributed by atoms with van der Waals surface area (Å²) in [5.74, 6) is 0.547. The summed E-state index contributed by atoms with van der Waals surface area (Å²) in [5.41, 5.74) is 0. The molecule has 1 N–H and O–H groups in total. The zero-order chi connectivity index (χ0) is 13.0. The molecule has 0 amide bonds. The summed E-state index contributed by atoms with van der Waals surface area (Å²) < 4.78 is 45.4. The van der Waals surface area contributed by atoms with Crippen LogP contribution >= 0.6 is 12.4 Å². The molecule has 1 fully saturated rings. The zero-order valence-corrected chi connectivity index (χ0v) is 10.9. The second-order valence-electron chi connectivity index (χ2n) is 4.19. The van der Waals surface area contributed by atoms with Crippen LogP contribution < -0.4 is 14.8 Å². The van der Waals surface area contributed by atoms with Gasteiger partial charge < -0.3 is 14.8 Å². The van der Waals surface area contributed by atoms with Crippen molar-refractivity contribution in [3.8, 4) is 11.5 Å². The third-order valence-corrected chi connectivity index (χ3v) is 2.69. The van der Waals surface area contributed by atoms with Crippen LogP contribution in [0, 0.1) is 5.92 Å². The first-order valence-corrected chi connectivity index (χ1v) is 5.72. The normalized spacial score (nSPS) is 18.8. The van der Waals surface area contributed by atoms with Crippen molar-refractivity contribution in [2.24, 2.45) is 5.92 Å². The van der Waals surface area contributed by atoms with E-state index in [1.165, 1.54) is 18.2 Å². The van der Waals surface area contributed by atoms with E-state index in [1.54, 1.807) is 6.07 Å². The van der Waals surface area contributed by atoms with Gasteiger partial charge in [0.15, 0.2) is 0 Å². The number of hydrogen-bond donors (Lipinski definition) is 1. The predicted octanol–water partition coefficient (Wildman–Crippen LogP) is 3.00. The summed E-state index contributed by atoms with van der Waals surface area (Å²) in [6, 6.07) is 5.59. The summed E-state index contributed by atoms with van der Waals surface area (Å²) in [7, 11) is 0. The molecular weight excluding hydrogens is 283 g/mol. The Morgan fingerprint density at radius 2 is 2.00 bits per heavy atom. The van der Waals surface area contributed by atoms with Crippen LogP contribution in [0.25, 0.3) is 0 Å². The summed E-state index contributed by atoms with van der Waals surface area (Å²) in [5, 5.41) is 3.20. The molecule has 0 saturated carbocycles. The van der Waals surface area contributed by atoms with E-state index in [4.69, 9.17) is 4.74 Å². The van der Waals surface area contributed by atoms with Gasteiger partial charge in [0, 0.05) is 18.5 Å². The molecule has 1 unspecified atom stereocenters. The Labute approximate surface area is 115 Å². The molecule has 0 aromatic heterocycles. The van der Waals surface area contributed by atoms with Crippen molar-refractivity contribution in [3.05, 3.63) is 24.3 Å². The van der Waals surface area contributed by atoms with Gasteiger partial charge in [-0.2, -0.15) is 0 Å². The third kappa shape index (κ3) is 5.57. The van der Waals surface area contributed by atoms with Crippen LogP contribution in [-0.4, -0.2) is 26.1 Å². The molecule has 1 atom stereocenters. The highest BCUT2D eigenvalue weighted by Crippen LogP contribution is 2.26. The number of halogens is 4. The minimum atomic E-state index is -4.67. The average molecular weight is 298 g/mol. The standard InChI is InChI=1S/C12H14F3NO2.ClH/c13-12(14,15)18-11-3-1-2-10(6-11)17-8-9-4-5-16-7-9;/h1-3,6,9,16H,4-5,7-8H2;1H. The monoisotopic (exact) mass is 297 g/mol. The lowest BCUT2D eigenvalue weighted by molar-refractivity contribution is -0.274. The SMILES string of the molecule is Cl.FC(F)(F)Oc1cccc(OCC2CCNC2)c1. The molecule has 108 valence electrons. The van der Waals surface area contributed by atoms with Crippen LogP contribution in [0.3, 0.4) is 0 Å². The van der Waals surface area contributed by atoms with E-state index in [2.05, 4.69) is 10.1 Å². The molecule has 1 aliphatic rings. The molecular formula is C12H15ClF3NO2. The van der Waals surface area contributed by atoms with Gasteiger partial charge in [-0.15, -0.1) is 25.6 Å². The first kappa shape index (κ1) is 15.9. The van der Waals surface area contributed by atoms with Gasteiger partial charge in [0.25, 0.3) is 0 Å². The van der Waals surface area contributed by atoms with E-state index in [0.29, 0.717) is 18.3 Å². The Morgan fingerprint density at radius 1 is 1.26 bits per heavy atom. The second-order valence-corrected chi connectivity index (χ2v) is 4.19. The largest absolute Gasteiger partial charge is 0.573 e. The first-order chi connectivity index (χ1) is 8.53. The summed E-state index contributed by atoms with van der Waals surface area (Å²) in [6.45, 7) is 2.35. The number of nitrogens with one attached hydrogen (secondary N) is 1. The number of hydrogen-bond acceptors (Lipinski definition) is 3. The van der Waals surface area contributed by atoms with E-state index in [9.17, 15) is 13.2 Å². The number of rotatable bonds is 4. The van der Waals surface area contributed by atoms with Gasteiger partial charge in [-0.3, -0.25) is 0 Å². The fourth-order valence-corrected chi connectivity index (χ4v) is 1.83. The minimum Gasteiger partial charge on any atom is -0.493 e. The van der Waals surface area contributed by atoms with Crippen molar-refractivity contribution in [2.45, 2.75) is 12.8 Å². The highest BCUT2D eigenvalue weighted by molar-refractivity contribution is 5.85. The fraction of sp³-hybridized carbons (Fsp3) is 0.500. The Kier molecular flexibility index (Phi) is 5.75. The summed E-state index contributed by atoms with van der Waals surface area (Å²) >= 11 is 0. The van der Waals surface area contributed by atoms with Crippen LogP contribution in [0.1, 0.15) is 6.42 Å². The van der Waals surface area contributed by atoms with Crippen LogP contribution in [0.15, 0.2) is 24.3 Å². The lowest BCUT2D eigenvalue weighted by Crippen LogP contribution is -2.17. The van der Waals surface area contributed by atoms with E-state index in [-0.39, 0.29) is 18.2 Å². The highest BCUT2D eigenvalue weighted by Gasteiger charge is 2.31. The van der Waals surface area contributed by atoms with Crippen molar-refractivity contribution in [1.29, 1.82) is 0 Å². The van der Waals surface area contributed by atoms with Crippen LogP contribution in [0.2, 0.25) is 0 Å². The molecule has 7 heteroatoms. The molecule has 1 heterocycles. The Hall–Kier alpha value is -1.14. The van der Waals surface area contributed by atoms with Gasteiger partial charge in [-0.05, 0) is 25.1 Å². The van der Waals surface area contributed by atoms with Gasteiger partial charge in [-0.1, -0.05) is 6.07 Å². The number of benzene rings is 1. The number of alkyl halides is 3. The van der Waals surface area contributed by atoms with Gasteiger partial charge in [0.1, 0.15) is 11.5 Å². The maximum atomic E-state index is 12.0.